The number of methoxy groups -OCH3 is 1. The predicted octanol–water partition coefficient (Wildman–Crippen LogP) is 1.40. The number of thiazole rings is 1. The Morgan fingerprint density at radius 2 is 2.26 bits per heavy atom. The lowest BCUT2D eigenvalue weighted by atomic mass is 10.3. The molecule has 0 aliphatic heterocycles. The number of ether oxygens (including phenoxy) is 1. The normalized spacial score (nSPS) is 11.7. The van der Waals surface area contributed by atoms with Crippen molar-refractivity contribution in [1.29, 1.82) is 0 Å². The number of fused-ring (bicyclic) bond motifs is 1. The van der Waals surface area contributed by atoms with Crippen molar-refractivity contribution in [2.24, 2.45) is 5.73 Å². The van der Waals surface area contributed by atoms with Crippen LogP contribution in [0.4, 0.5) is 5.13 Å². The lowest BCUT2D eigenvalue weighted by molar-refractivity contribution is 0.415. The van der Waals surface area contributed by atoms with Crippen LogP contribution in [0.15, 0.2) is 18.2 Å². The van der Waals surface area contributed by atoms with Crippen LogP contribution in [0.25, 0.3) is 10.2 Å². The first-order valence-corrected chi connectivity index (χ1v) is 8.16. The summed E-state index contributed by atoms with van der Waals surface area (Å²) in [6.45, 7) is 0.345. The van der Waals surface area contributed by atoms with Gasteiger partial charge in [0.05, 0.1) is 23.1 Å². The SMILES string of the molecule is COc1ccc2nc(NS(=O)(=O)CCCN)sc2c1. The van der Waals surface area contributed by atoms with Gasteiger partial charge in [-0.05, 0) is 31.2 Å². The molecule has 104 valence electrons. The summed E-state index contributed by atoms with van der Waals surface area (Å²) < 4.78 is 31.9. The van der Waals surface area contributed by atoms with Gasteiger partial charge in [-0.2, -0.15) is 0 Å². The molecule has 0 fully saturated rings. The molecule has 0 radical (unpaired) electrons. The van der Waals surface area contributed by atoms with Gasteiger partial charge in [0.1, 0.15) is 5.75 Å². The standard InChI is InChI=1S/C11H15N3O3S2/c1-17-8-3-4-9-10(7-8)18-11(13-9)14-19(15,16)6-2-5-12/h3-4,7H,2,5-6,12H2,1H3,(H,13,14). The maximum absolute atomic E-state index is 11.7. The molecule has 0 atom stereocenters. The van der Waals surface area contributed by atoms with Gasteiger partial charge in [0.25, 0.3) is 0 Å². The van der Waals surface area contributed by atoms with Crippen LogP contribution in [0.1, 0.15) is 6.42 Å². The van der Waals surface area contributed by atoms with Crippen LogP contribution in [-0.4, -0.2) is 32.8 Å². The van der Waals surface area contributed by atoms with E-state index in [4.69, 9.17) is 10.5 Å². The van der Waals surface area contributed by atoms with Gasteiger partial charge in [0.15, 0.2) is 5.13 Å². The molecule has 0 bridgehead atoms. The number of hydrogen-bond donors (Lipinski definition) is 2. The molecule has 3 N–H and O–H groups in total. The topological polar surface area (TPSA) is 94.3 Å². The van der Waals surface area contributed by atoms with Crippen molar-refractivity contribution in [3.05, 3.63) is 18.2 Å². The number of rotatable bonds is 6. The molecule has 6 nitrogen and oxygen atoms in total. The van der Waals surface area contributed by atoms with Gasteiger partial charge in [-0.3, -0.25) is 4.72 Å². The zero-order chi connectivity index (χ0) is 13.9. The van der Waals surface area contributed by atoms with E-state index in [1.54, 1.807) is 19.2 Å². The Hall–Kier alpha value is -1.38. The van der Waals surface area contributed by atoms with Crippen LogP contribution in [0.5, 0.6) is 5.75 Å². The quantitative estimate of drug-likeness (QED) is 0.841. The highest BCUT2D eigenvalue weighted by Gasteiger charge is 2.13. The van der Waals surface area contributed by atoms with Crippen LogP contribution < -0.4 is 15.2 Å². The molecule has 0 amide bonds. The zero-order valence-electron chi connectivity index (χ0n) is 10.4. The van der Waals surface area contributed by atoms with Crippen LogP contribution in [-0.2, 0) is 10.0 Å². The molecule has 19 heavy (non-hydrogen) atoms. The molecule has 0 aliphatic carbocycles. The number of benzene rings is 1. The molecule has 0 aliphatic rings. The van der Waals surface area contributed by atoms with Gasteiger partial charge in [-0.15, -0.1) is 0 Å². The number of aromatic nitrogens is 1. The summed E-state index contributed by atoms with van der Waals surface area (Å²) >= 11 is 1.27. The second-order valence-electron chi connectivity index (χ2n) is 3.92. The van der Waals surface area contributed by atoms with Crippen molar-refractivity contribution in [3.63, 3.8) is 0 Å². The van der Waals surface area contributed by atoms with Crippen LogP contribution in [0.3, 0.4) is 0 Å². The highest BCUT2D eigenvalue weighted by molar-refractivity contribution is 7.92. The van der Waals surface area contributed by atoms with Gasteiger partial charge in [0.2, 0.25) is 10.0 Å². The summed E-state index contributed by atoms with van der Waals surface area (Å²) in [5.74, 6) is 0.719. The summed E-state index contributed by atoms with van der Waals surface area (Å²) in [6, 6.07) is 5.40. The maximum atomic E-state index is 11.7. The van der Waals surface area contributed by atoms with E-state index in [0.717, 1.165) is 10.2 Å². The second-order valence-corrected chi connectivity index (χ2v) is 6.79. The predicted molar refractivity (Wildman–Crippen MR) is 77.3 cm³/mol. The number of nitrogens with zero attached hydrogens (tertiary/aromatic N) is 1. The van der Waals surface area contributed by atoms with Crippen molar-refractivity contribution >= 4 is 36.7 Å². The third-order valence-electron chi connectivity index (χ3n) is 2.46. The average Bonchev–Trinajstić information content (AvgIpc) is 2.76. The third-order valence-corrected chi connectivity index (χ3v) is 4.85. The van der Waals surface area contributed by atoms with E-state index in [1.165, 1.54) is 11.3 Å². The van der Waals surface area contributed by atoms with E-state index in [0.29, 0.717) is 23.8 Å². The lowest BCUT2D eigenvalue weighted by Crippen LogP contribution is -2.18. The summed E-state index contributed by atoms with van der Waals surface area (Å²) in [5, 5.41) is 0.361. The minimum Gasteiger partial charge on any atom is -0.497 e. The van der Waals surface area contributed by atoms with E-state index in [2.05, 4.69) is 9.71 Å². The first kappa shape index (κ1) is 14.0. The van der Waals surface area contributed by atoms with E-state index in [9.17, 15) is 8.42 Å². The van der Waals surface area contributed by atoms with Crippen molar-refractivity contribution in [3.8, 4) is 5.75 Å². The van der Waals surface area contributed by atoms with Crippen LogP contribution in [0, 0.1) is 0 Å². The first-order chi connectivity index (χ1) is 9.04. The molecule has 1 heterocycles. The Bertz CT molecular complexity index is 667. The molecule has 8 heteroatoms. The van der Waals surface area contributed by atoms with E-state index >= 15 is 0 Å². The van der Waals surface area contributed by atoms with Crippen LogP contribution >= 0.6 is 11.3 Å². The average molecular weight is 301 g/mol. The minimum atomic E-state index is -3.37. The second kappa shape index (κ2) is 5.72. The van der Waals surface area contributed by atoms with Gasteiger partial charge < -0.3 is 10.5 Å². The third kappa shape index (κ3) is 3.55. The fourth-order valence-corrected chi connectivity index (χ4v) is 3.79. The van der Waals surface area contributed by atoms with Gasteiger partial charge >= 0.3 is 0 Å². The van der Waals surface area contributed by atoms with E-state index in [-0.39, 0.29) is 5.75 Å². The number of anilines is 1. The fraction of sp³-hybridized carbons (Fsp3) is 0.364. The lowest BCUT2D eigenvalue weighted by Gasteiger charge is -2.02. The molecular formula is C11H15N3O3S2. The maximum Gasteiger partial charge on any atom is 0.234 e. The van der Waals surface area contributed by atoms with Crippen molar-refractivity contribution in [1.82, 2.24) is 4.98 Å². The Labute approximate surface area is 115 Å². The van der Waals surface area contributed by atoms with Crippen LogP contribution in [0.2, 0.25) is 0 Å². The highest BCUT2D eigenvalue weighted by Crippen LogP contribution is 2.29. The fourth-order valence-electron chi connectivity index (χ4n) is 1.53. The molecule has 1 aromatic carbocycles. The Morgan fingerprint density at radius 1 is 1.47 bits per heavy atom. The van der Waals surface area contributed by atoms with E-state index in [1.807, 2.05) is 6.07 Å². The number of hydrogen-bond acceptors (Lipinski definition) is 6. The largest absolute Gasteiger partial charge is 0.497 e. The number of sulfonamides is 1. The molecule has 0 spiro atoms. The highest BCUT2D eigenvalue weighted by atomic mass is 32.2. The molecule has 0 saturated heterocycles. The molecule has 2 rings (SSSR count). The van der Waals surface area contributed by atoms with Gasteiger partial charge in [-0.25, -0.2) is 13.4 Å². The Kier molecular flexibility index (Phi) is 4.23. The summed E-state index contributed by atoms with van der Waals surface area (Å²) in [4.78, 5) is 4.22. The number of nitrogens with one attached hydrogen (secondary N) is 1. The van der Waals surface area contributed by atoms with Gasteiger partial charge in [-0.1, -0.05) is 11.3 Å². The Balaban J connectivity index is 2.22. The van der Waals surface area contributed by atoms with Crippen molar-refractivity contribution in [2.75, 3.05) is 24.1 Å². The summed E-state index contributed by atoms with van der Waals surface area (Å²) in [5.41, 5.74) is 6.04. The first-order valence-electron chi connectivity index (χ1n) is 5.69. The summed E-state index contributed by atoms with van der Waals surface area (Å²) in [7, 11) is -1.79. The number of nitrogens with two attached hydrogens (primary N) is 1. The molecule has 2 aromatic rings. The van der Waals surface area contributed by atoms with Gasteiger partial charge in [0, 0.05) is 0 Å². The molecule has 0 unspecified atom stereocenters. The van der Waals surface area contributed by atoms with Crippen molar-refractivity contribution in [2.45, 2.75) is 6.42 Å². The molecular weight excluding hydrogens is 286 g/mol. The molecule has 1 aromatic heterocycles. The Morgan fingerprint density at radius 3 is 2.95 bits per heavy atom. The monoisotopic (exact) mass is 301 g/mol. The van der Waals surface area contributed by atoms with E-state index < -0.39 is 10.0 Å². The molecule has 0 saturated carbocycles. The minimum absolute atomic E-state index is 0.00272. The smallest absolute Gasteiger partial charge is 0.234 e. The summed E-state index contributed by atoms with van der Waals surface area (Å²) in [6.07, 6.45) is 0.425. The van der Waals surface area contributed by atoms with Crippen molar-refractivity contribution < 1.29 is 13.2 Å². The zero-order valence-corrected chi connectivity index (χ0v) is 12.1.